The lowest BCUT2D eigenvalue weighted by molar-refractivity contribution is -0.00000566. The topological polar surface area (TPSA) is 0 Å². The molecule has 0 nitrogen and oxygen atoms in total. The number of halogens is 1. The highest BCUT2D eigenvalue weighted by Gasteiger charge is 2.44. The summed E-state index contributed by atoms with van der Waals surface area (Å²) in [5.74, 6) is 0. The van der Waals surface area contributed by atoms with Crippen molar-refractivity contribution in [2.45, 2.75) is 47.0 Å². The van der Waals surface area contributed by atoms with E-state index in [1.54, 1.807) is 0 Å². The van der Waals surface area contributed by atoms with E-state index in [4.69, 9.17) is 0 Å². The molecule has 148 valence electrons. The molecule has 0 radical (unpaired) electrons. The average Bonchev–Trinajstić information content (AvgIpc) is 2.68. The van der Waals surface area contributed by atoms with Gasteiger partial charge >= 0.3 is 0 Å². The molecular weight excluding hydrogens is 423 g/mol. The van der Waals surface area contributed by atoms with Gasteiger partial charge in [-0.1, -0.05) is 72.9 Å². The summed E-state index contributed by atoms with van der Waals surface area (Å²) in [6.07, 6.45) is 5.08. The summed E-state index contributed by atoms with van der Waals surface area (Å²) in [4.78, 5) is 0. The predicted octanol–water partition coefficient (Wildman–Crippen LogP) is 3.10. The molecule has 0 fully saturated rings. The average molecular weight is 455 g/mol. The lowest BCUT2D eigenvalue weighted by Gasteiger charge is -2.28. The Morgan fingerprint density at radius 3 is 1.14 bits per heavy atom. The van der Waals surface area contributed by atoms with Gasteiger partial charge < -0.3 is 17.0 Å². The highest BCUT2D eigenvalue weighted by atomic mass is 79.9. The van der Waals surface area contributed by atoms with Crippen LogP contribution < -0.4 is 32.9 Å². The van der Waals surface area contributed by atoms with Gasteiger partial charge in [-0.25, -0.2) is 0 Å². The fourth-order valence-electron chi connectivity index (χ4n) is 3.83. The second-order valence-corrected chi connectivity index (χ2v) is 11.4. The molecule has 3 aromatic carbocycles. The number of unbranched alkanes of at least 4 members (excludes halogenated alkanes) is 2. The van der Waals surface area contributed by atoms with Gasteiger partial charge in [0.15, 0.2) is 0 Å². The Bertz CT molecular complexity index is 738. The molecule has 28 heavy (non-hydrogen) atoms. The monoisotopic (exact) mass is 454 g/mol. The van der Waals surface area contributed by atoms with Gasteiger partial charge in [-0.2, -0.15) is 0 Å². The molecule has 3 aromatic rings. The zero-order chi connectivity index (χ0) is 19.3. The van der Waals surface area contributed by atoms with Crippen molar-refractivity contribution in [3.8, 4) is 0 Å². The normalized spacial score (nSPS) is 11.1. The molecule has 0 saturated carbocycles. The summed E-state index contributed by atoms with van der Waals surface area (Å²) in [6.45, 7) is 8.83. The molecule has 2 heteroatoms. The van der Waals surface area contributed by atoms with E-state index >= 15 is 0 Å². The summed E-state index contributed by atoms with van der Waals surface area (Å²) in [7, 11) is -1.64. The Balaban J connectivity index is 0.00000280. The second-order valence-electron chi connectivity index (χ2n) is 7.75. The molecule has 0 N–H and O–H groups in total. The Labute approximate surface area is 182 Å². The third-order valence-electron chi connectivity index (χ3n) is 5.52. The van der Waals surface area contributed by atoms with E-state index in [0.29, 0.717) is 0 Å². The SMILES string of the molecule is CCCCC[P+](c1ccc(C)cc1)(c1ccc(C)cc1)c1ccc(C)cc1.[Br-]. The Kier molecular flexibility index (Phi) is 8.47. The molecule has 0 amide bonds. The van der Waals surface area contributed by atoms with Crippen LogP contribution >= 0.6 is 7.26 Å². The van der Waals surface area contributed by atoms with E-state index in [2.05, 4.69) is 100 Å². The molecule has 0 aromatic heterocycles. The molecule has 0 spiro atoms. The van der Waals surface area contributed by atoms with Crippen molar-refractivity contribution in [3.63, 3.8) is 0 Å². The molecule has 0 atom stereocenters. The number of rotatable bonds is 7. The molecular formula is C26H32BrP. The first-order valence-electron chi connectivity index (χ1n) is 10.2. The van der Waals surface area contributed by atoms with Crippen molar-refractivity contribution in [1.82, 2.24) is 0 Å². The summed E-state index contributed by atoms with van der Waals surface area (Å²) in [5.41, 5.74) is 4.00. The van der Waals surface area contributed by atoms with Crippen molar-refractivity contribution >= 4 is 23.2 Å². The number of hydrogen-bond donors (Lipinski definition) is 0. The van der Waals surface area contributed by atoms with Crippen molar-refractivity contribution < 1.29 is 17.0 Å². The van der Waals surface area contributed by atoms with Gasteiger partial charge in [-0.05, 0) is 63.6 Å². The van der Waals surface area contributed by atoms with Crippen molar-refractivity contribution in [1.29, 1.82) is 0 Å². The van der Waals surface area contributed by atoms with Gasteiger partial charge in [0.2, 0.25) is 0 Å². The number of hydrogen-bond acceptors (Lipinski definition) is 0. The second kappa shape index (κ2) is 10.4. The predicted molar refractivity (Wildman–Crippen MR) is 124 cm³/mol. The highest BCUT2D eigenvalue weighted by Crippen LogP contribution is 2.56. The molecule has 3 rings (SSSR count). The summed E-state index contributed by atoms with van der Waals surface area (Å²) < 4.78 is 0. The molecule has 0 aliphatic carbocycles. The van der Waals surface area contributed by atoms with Crippen LogP contribution in [0, 0.1) is 20.8 Å². The van der Waals surface area contributed by atoms with E-state index in [-0.39, 0.29) is 17.0 Å². The van der Waals surface area contributed by atoms with E-state index in [0.717, 1.165) is 0 Å². The molecule has 0 bridgehead atoms. The molecule has 0 heterocycles. The fraction of sp³-hybridized carbons (Fsp3) is 0.308. The summed E-state index contributed by atoms with van der Waals surface area (Å²) in [5, 5.41) is 4.53. The Hall–Kier alpha value is -1.43. The van der Waals surface area contributed by atoms with Crippen LogP contribution in [-0.2, 0) is 0 Å². The first-order chi connectivity index (χ1) is 13.1. The zero-order valence-electron chi connectivity index (χ0n) is 17.6. The van der Waals surface area contributed by atoms with E-state index < -0.39 is 7.26 Å². The smallest absolute Gasteiger partial charge is 0.112 e. The van der Waals surface area contributed by atoms with Crippen LogP contribution in [0.5, 0.6) is 0 Å². The molecule has 0 unspecified atom stereocenters. The minimum Gasteiger partial charge on any atom is -1.00 e. The van der Waals surface area contributed by atoms with Crippen LogP contribution in [0.25, 0.3) is 0 Å². The Morgan fingerprint density at radius 2 is 0.857 bits per heavy atom. The minimum absolute atomic E-state index is 0. The standard InChI is InChI=1S/C26H32P.BrH/c1-5-6-7-20-27(24-14-8-21(2)9-15-24,25-16-10-22(3)11-17-25)26-18-12-23(4)13-19-26;/h8-19H,5-7,20H2,1-4H3;1H/q+1;/p-1. The van der Waals surface area contributed by atoms with Crippen LogP contribution in [0.15, 0.2) is 72.8 Å². The molecule has 0 saturated heterocycles. The van der Waals surface area contributed by atoms with Gasteiger partial charge in [-0.15, -0.1) is 0 Å². The largest absolute Gasteiger partial charge is 1.00 e. The van der Waals surface area contributed by atoms with Gasteiger partial charge in [0.05, 0.1) is 6.16 Å². The maximum absolute atomic E-state index is 2.38. The third kappa shape index (κ3) is 4.94. The number of benzene rings is 3. The van der Waals surface area contributed by atoms with Gasteiger partial charge in [0.25, 0.3) is 0 Å². The van der Waals surface area contributed by atoms with Crippen LogP contribution in [0.2, 0.25) is 0 Å². The van der Waals surface area contributed by atoms with E-state index in [1.165, 1.54) is 58.0 Å². The first kappa shape index (κ1) is 22.9. The summed E-state index contributed by atoms with van der Waals surface area (Å²) in [6, 6.07) is 28.0. The maximum Gasteiger partial charge on any atom is 0.112 e. The maximum atomic E-state index is 2.38. The van der Waals surface area contributed by atoms with Crippen LogP contribution in [0.4, 0.5) is 0 Å². The van der Waals surface area contributed by atoms with E-state index in [1.807, 2.05) is 0 Å². The quantitative estimate of drug-likeness (QED) is 0.380. The molecule has 0 aliphatic heterocycles. The molecule has 0 aliphatic rings. The van der Waals surface area contributed by atoms with Gasteiger partial charge in [0.1, 0.15) is 23.2 Å². The van der Waals surface area contributed by atoms with Crippen LogP contribution in [0.1, 0.15) is 42.9 Å². The van der Waals surface area contributed by atoms with Crippen molar-refractivity contribution in [2.75, 3.05) is 6.16 Å². The number of aryl methyl sites for hydroxylation is 3. The summed E-state index contributed by atoms with van der Waals surface area (Å²) >= 11 is 0. The van der Waals surface area contributed by atoms with Crippen molar-refractivity contribution in [3.05, 3.63) is 89.5 Å². The van der Waals surface area contributed by atoms with Crippen LogP contribution in [0.3, 0.4) is 0 Å². The fourth-order valence-corrected chi connectivity index (χ4v) is 8.17. The Morgan fingerprint density at radius 1 is 0.536 bits per heavy atom. The third-order valence-corrected chi connectivity index (χ3v) is 10.0. The zero-order valence-corrected chi connectivity index (χ0v) is 20.1. The van der Waals surface area contributed by atoms with Gasteiger partial charge in [0, 0.05) is 0 Å². The first-order valence-corrected chi connectivity index (χ1v) is 12.1. The lowest BCUT2D eigenvalue weighted by atomic mass is 10.2. The lowest BCUT2D eigenvalue weighted by Crippen LogP contribution is -3.00. The van der Waals surface area contributed by atoms with Gasteiger partial charge in [-0.3, -0.25) is 0 Å². The van der Waals surface area contributed by atoms with Crippen molar-refractivity contribution in [2.24, 2.45) is 0 Å². The minimum atomic E-state index is -1.64. The van der Waals surface area contributed by atoms with Crippen LogP contribution in [-0.4, -0.2) is 6.16 Å². The van der Waals surface area contributed by atoms with E-state index in [9.17, 15) is 0 Å². The highest BCUT2D eigenvalue weighted by molar-refractivity contribution is 7.95.